The highest BCUT2D eigenvalue weighted by Gasteiger charge is 2.54. The number of hydrogen-bond donors (Lipinski definition) is 0. The summed E-state index contributed by atoms with van der Waals surface area (Å²) in [6, 6.07) is 17.7. The molecular formula is C29H34N2O3. The monoisotopic (exact) mass is 458 g/mol. The molecule has 0 unspecified atom stereocenters. The molecule has 3 amide bonds. The van der Waals surface area contributed by atoms with Crippen LogP contribution in [0.3, 0.4) is 0 Å². The Morgan fingerprint density at radius 3 is 2.06 bits per heavy atom. The van der Waals surface area contributed by atoms with E-state index in [4.69, 9.17) is 0 Å². The number of rotatable bonds is 3. The maximum Gasteiger partial charge on any atom is 0.250 e. The molecule has 5 heteroatoms. The van der Waals surface area contributed by atoms with E-state index >= 15 is 0 Å². The third-order valence-corrected chi connectivity index (χ3v) is 8.38. The van der Waals surface area contributed by atoms with E-state index in [0.717, 1.165) is 43.4 Å². The van der Waals surface area contributed by atoms with Crippen molar-refractivity contribution < 1.29 is 14.4 Å². The van der Waals surface area contributed by atoms with Gasteiger partial charge >= 0.3 is 0 Å². The molecule has 34 heavy (non-hydrogen) atoms. The van der Waals surface area contributed by atoms with E-state index in [9.17, 15) is 14.4 Å². The molecule has 2 aromatic carbocycles. The number of fused-ring (bicyclic) bond motifs is 2. The lowest BCUT2D eigenvalue weighted by molar-refractivity contribution is -0.147. The maximum atomic E-state index is 14.1. The van der Waals surface area contributed by atoms with Crippen LogP contribution in [0, 0.1) is 11.8 Å². The van der Waals surface area contributed by atoms with Crippen LogP contribution in [0.5, 0.6) is 0 Å². The van der Waals surface area contributed by atoms with Crippen molar-refractivity contribution in [2.24, 2.45) is 11.8 Å². The quantitative estimate of drug-likeness (QED) is 0.604. The number of amides is 3. The van der Waals surface area contributed by atoms with Crippen molar-refractivity contribution in [3.05, 3.63) is 65.7 Å². The Morgan fingerprint density at radius 2 is 1.44 bits per heavy atom. The Labute approximate surface area is 202 Å². The van der Waals surface area contributed by atoms with Crippen LogP contribution in [0.4, 0.5) is 5.69 Å². The summed E-state index contributed by atoms with van der Waals surface area (Å²) >= 11 is 0. The fourth-order valence-corrected chi connectivity index (χ4v) is 6.85. The molecular weight excluding hydrogens is 424 g/mol. The molecule has 5 rings (SSSR count). The average molecular weight is 459 g/mol. The molecule has 0 spiro atoms. The van der Waals surface area contributed by atoms with Gasteiger partial charge in [0.25, 0.3) is 5.91 Å². The molecule has 5 nitrogen and oxygen atoms in total. The zero-order chi connectivity index (χ0) is 24.3. The van der Waals surface area contributed by atoms with Crippen molar-refractivity contribution in [2.45, 2.75) is 76.8 Å². The Morgan fingerprint density at radius 1 is 0.882 bits per heavy atom. The molecule has 0 bridgehead atoms. The lowest BCUT2D eigenvalue weighted by atomic mass is 9.65. The first kappa shape index (κ1) is 22.8. The van der Waals surface area contributed by atoms with E-state index in [2.05, 4.69) is 51.1 Å². The number of carbonyl (C=O) groups excluding carboxylic acids is 3. The van der Waals surface area contributed by atoms with Crippen LogP contribution < -0.4 is 4.90 Å². The van der Waals surface area contributed by atoms with Crippen LogP contribution in [0.15, 0.2) is 54.6 Å². The van der Waals surface area contributed by atoms with Gasteiger partial charge in [0.1, 0.15) is 6.04 Å². The van der Waals surface area contributed by atoms with E-state index in [1.807, 2.05) is 29.2 Å². The summed E-state index contributed by atoms with van der Waals surface area (Å²) in [5, 5.41) is 0. The normalized spacial score (nSPS) is 28.9. The summed E-state index contributed by atoms with van der Waals surface area (Å²) in [7, 11) is 0. The molecule has 2 fully saturated rings. The lowest BCUT2D eigenvalue weighted by Gasteiger charge is -2.52. The lowest BCUT2D eigenvalue weighted by Crippen LogP contribution is -2.60. The topological polar surface area (TPSA) is 57.7 Å². The van der Waals surface area contributed by atoms with E-state index in [-0.39, 0.29) is 35.0 Å². The number of anilines is 1. The van der Waals surface area contributed by atoms with Gasteiger partial charge in [0.05, 0.1) is 11.8 Å². The van der Waals surface area contributed by atoms with Gasteiger partial charge in [-0.3, -0.25) is 19.3 Å². The second-order valence-corrected chi connectivity index (χ2v) is 11.1. The summed E-state index contributed by atoms with van der Waals surface area (Å²) in [6.45, 7) is 8.13. The van der Waals surface area contributed by atoms with E-state index in [0.29, 0.717) is 0 Å². The second kappa shape index (κ2) is 8.07. The Hall–Kier alpha value is -2.95. The molecule has 2 aromatic rings. The summed E-state index contributed by atoms with van der Waals surface area (Å²) in [5.41, 5.74) is 2.38. The predicted molar refractivity (Wildman–Crippen MR) is 132 cm³/mol. The van der Waals surface area contributed by atoms with Crippen LogP contribution in [0.25, 0.3) is 0 Å². The number of carbonyl (C=O) groups is 3. The third kappa shape index (κ3) is 3.31. The van der Waals surface area contributed by atoms with Crippen LogP contribution in [-0.2, 0) is 19.8 Å². The fraction of sp³-hybridized carbons (Fsp3) is 0.483. The summed E-state index contributed by atoms with van der Waals surface area (Å²) in [6.07, 6.45) is 4.18. The van der Waals surface area contributed by atoms with Gasteiger partial charge in [-0.2, -0.15) is 0 Å². The molecule has 4 atom stereocenters. The van der Waals surface area contributed by atoms with Crippen molar-refractivity contribution in [1.29, 1.82) is 0 Å². The number of imide groups is 1. The predicted octanol–water partition coefficient (Wildman–Crippen LogP) is 5.07. The van der Waals surface area contributed by atoms with Crippen LogP contribution in [-0.4, -0.2) is 34.2 Å². The highest BCUT2D eigenvalue weighted by atomic mass is 16.2. The molecule has 2 heterocycles. The molecule has 1 saturated heterocycles. The molecule has 178 valence electrons. The Balaban J connectivity index is 1.54. The smallest absolute Gasteiger partial charge is 0.250 e. The first-order valence-electron chi connectivity index (χ1n) is 12.5. The number of hydrogen-bond acceptors (Lipinski definition) is 3. The van der Waals surface area contributed by atoms with Gasteiger partial charge in [0.2, 0.25) is 11.8 Å². The fourth-order valence-electron chi connectivity index (χ4n) is 6.85. The van der Waals surface area contributed by atoms with E-state index in [1.165, 1.54) is 10.5 Å². The van der Waals surface area contributed by atoms with E-state index < -0.39 is 11.6 Å². The summed E-state index contributed by atoms with van der Waals surface area (Å²) in [4.78, 5) is 43.6. The van der Waals surface area contributed by atoms with Crippen molar-refractivity contribution in [2.75, 3.05) is 4.90 Å². The zero-order valence-corrected chi connectivity index (χ0v) is 20.6. The molecule has 2 aliphatic heterocycles. The number of likely N-dealkylation sites (tertiary alicyclic amines) is 1. The molecule has 1 aliphatic carbocycles. The van der Waals surface area contributed by atoms with Gasteiger partial charge in [-0.05, 0) is 57.2 Å². The summed E-state index contributed by atoms with van der Waals surface area (Å²) < 4.78 is 0. The Bertz CT molecular complexity index is 1120. The molecule has 3 aliphatic rings. The highest BCUT2D eigenvalue weighted by Crippen LogP contribution is 2.51. The maximum absolute atomic E-state index is 14.1. The first-order chi connectivity index (χ1) is 16.2. The second-order valence-electron chi connectivity index (χ2n) is 11.1. The first-order valence-corrected chi connectivity index (χ1v) is 12.5. The minimum absolute atomic E-state index is 0.159. The van der Waals surface area contributed by atoms with Gasteiger partial charge < -0.3 is 4.90 Å². The zero-order valence-electron chi connectivity index (χ0n) is 20.6. The third-order valence-electron chi connectivity index (χ3n) is 8.38. The Kier molecular flexibility index (Phi) is 5.42. The van der Waals surface area contributed by atoms with Gasteiger partial charge in [-0.1, -0.05) is 68.3 Å². The SMILES string of the molecule is C[C@@H](C(=O)N1c2ccccc2[C@](C)(c2ccccc2)CC1(C)C)N1C(=O)[C@H]2CCCC[C@@H]2C1=O. The number of benzene rings is 2. The minimum atomic E-state index is -0.820. The largest absolute Gasteiger partial charge is 0.305 e. The standard InChI is InChI=1S/C29H34N2O3/c1-19(30-26(33)21-14-8-9-15-22(21)27(30)34)25(32)31-24-17-11-10-16-23(24)29(4,18-28(31,2)3)20-12-6-5-7-13-20/h5-7,10-13,16-17,19,21-22H,8-9,14-15,18H2,1-4H3/t19-,21-,22-,29-/m0/s1. The molecule has 0 radical (unpaired) electrons. The van der Waals surface area contributed by atoms with Crippen molar-refractivity contribution in [1.82, 2.24) is 4.90 Å². The minimum Gasteiger partial charge on any atom is -0.305 e. The van der Waals surface area contributed by atoms with Crippen molar-refractivity contribution in [3.8, 4) is 0 Å². The average Bonchev–Trinajstić information content (AvgIpc) is 3.08. The van der Waals surface area contributed by atoms with Gasteiger partial charge in [-0.25, -0.2) is 0 Å². The molecule has 1 saturated carbocycles. The van der Waals surface area contributed by atoms with Crippen LogP contribution in [0.1, 0.15) is 70.9 Å². The number of nitrogens with zero attached hydrogens (tertiary/aromatic N) is 2. The highest BCUT2D eigenvalue weighted by molar-refractivity contribution is 6.11. The molecule has 0 N–H and O–H groups in total. The summed E-state index contributed by atoms with van der Waals surface area (Å²) in [5.74, 6) is -1.01. The van der Waals surface area contributed by atoms with Crippen LogP contribution in [0.2, 0.25) is 0 Å². The van der Waals surface area contributed by atoms with Gasteiger partial charge in [0.15, 0.2) is 0 Å². The van der Waals surface area contributed by atoms with Crippen molar-refractivity contribution in [3.63, 3.8) is 0 Å². The van der Waals surface area contributed by atoms with Gasteiger partial charge in [-0.15, -0.1) is 0 Å². The van der Waals surface area contributed by atoms with Crippen LogP contribution >= 0.6 is 0 Å². The van der Waals surface area contributed by atoms with Gasteiger partial charge in [0, 0.05) is 16.6 Å². The number of para-hydroxylation sites is 1. The van der Waals surface area contributed by atoms with E-state index in [1.54, 1.807) is 6.92 Å². The van der Waals surface area contributed by atoms with Crippen molar-refractivity contribution >= 4 is 23.4 Å². The molecule has 0 aromatic heterocycles.